The molecule has 21 heavy (non-hydrogen) atoms. The molecule has 0 aliphatic rings. The van der Waals surface area contributed by atoms with Crippen LogP contribution in [-0.4, -0.2) is 45.6 Å². The highest BCUT2D eigenvalue weighted by Gasteiger charge is 2.40. The van der Waals surface area contributed by atoms with E-state index >= 15 is 0 Å². The van der Waals surface area contributed by atoms with Crippen LogP contribution >= 0.6 is 0 Å². The monoisotopic (exact) mass is 294 g/mol. The van der Waals surface area contributed by atoms with Crippen molar-refractivity contribution in [3.05, 3.63) is 23.3 Å². The van der Waals surface area contributed by atoms with E-state index in [4.69, 9.17) is 4.65 Å². The van der Waals surface area contributed by atoms with E-state index in [1.165, 1.54) is 0 Å². The zero-order valence-electron chi connectivity index (χ0n) is 13.5. The van der Waals surface area contributed by atoms with Gasteiger partial charge in [0.15, 0.2) is 0 Å². The van der Waals surface area contributed by atoms with Gasteiger partial charge in [-0.2, -0.15) is 0 Å². The Hall–Kier alpha value is -0.850. The molecule has 1 aromatic carbocycles. The lowest BCUT2D eigenvalue weighted by atomic mass is 9.69. The van der Waals surface area contributed by atoms with Crippen LogP contribution in [0.1, 0.15) is 38.8 Å². The first-order valence-corrected chi connectivity index (χ1v) is 6.92. The van der Waals surface area contributed by atoms with Crippen molar-refractivity contribution in [3.8, 4) is 0 Å². The Morgan fingerprint density at radius 3 is 1.76 bits per heavy atom. The van der Waals surface area contributed by atoms with Crippen LogP contribution in [0.2, 0.25) is 0 Å². The first-order valence-electron chi connectivity index (χ1n) is 6.92. The van der Waals surface area contributed by atoms with Gasteiger partial charge in [-0.25, -0.2) is 0 Å². The van der Waals surface area contributed by atoms with Crippen LogP contribution in [0.25, 0.3) is 0 Å². The minimum atomic E-state index is -1.55. The highest BCUT2D eigenvalue weighted by Crippen LogP contribution is 2.25. The van der Waals surface area contributed by atoms with Crippen LogP contribution in [0.3, 0.4) is 0 Å². The Labute approximate surface area is 126 Å². The zero-order chi connectivity index (χ0) is 16.6. The lowest BCUT2D eigenvalue weighted by molar-refractivity contribution is -0.0982. The predicted octanol–water partition coefficient (Wildman–Crippen LogP) is -0.763. The first kappa shape index (κ1) is 18.2. The third kappa shape index (κ3) is 4.08. The van der Waals surface area contributed by atoms with Crippen LogP contribution in [0.5, 0.6) is 0 Å². The average Bonchev–Trinajstić information content (AvgIpc) is 2.29. The molecule has 0 saturated heterocycles. The summed E-state index contributed by atoms with van der Waals surface area (Å²) in [7, 11) is -2.77. The summed E-state index contributed by atoms with van der Waals surface area (Å²) < 4.78 is 5.61. The highest BCUT2D eigenvalue weighted by atomic mass is 16.5. The zero-order valence-corrected chi connectivity index (χ0v) is 13.5. The van der Waals surface area contributed by atoms with Gasteiger partial charge in [-0.1, -0.05) is 23.3 Å². The van der Waals surface area contributed by atoms with Gasteiger partial charge in [0.2, 0.25) is 0 Å². The van der Waals surface area contributed by atoms with E-state index < -0.39 is 25.4 Å². The SMILES string of the molecule is Cc1cc(B(O)OC(C)(C)C(C)(C)O)c(C)cc1B(O)O. The van der Waals surface area contributed by atoms with Crippen molar-refractivity contribution < 1.29 is 24.8 Å². The predicted molar refractivity (Wildman–Crippen MR) is 84.8 cm³/mol. The van der Waals surface area contributed by atoms with Gasteiger partial charge in [0.25, 0.3) is 0 Å². The average molecular weight is 294 g/mol. The molecule has 0 fully saturated rings. The van der Waals surface area contributed by atoms with Crippen LogP contribution in [-0.2, 0) is 4.65 Å². The molecule has 0 aromatic heterocycles. The third-order valence-corrected chi connectivity index (χ3v) is 4.08. The fourth-order valence-electron chi connectivity index (χ4n) is 1.89. The van der Waals surface area contributed by atoms with Gasteiger partial charge in [-0.3, -0.25) is 0 Å². The van der Waals surface area contributed by atoms with Crippen molar-refractivity contribution in [2.45, 2.75) is 52.7 Å². The Morgan fingerprint density at radius 1 is 0.905 bits per heavy atom. The van der Waals surface area contributed by atoms with E-state index in [-0.39, 0.29) is 0 Å². The number of rotatable bonds is 5. The summed E-state index contributed by atoms with van der Waals surface area (Å²) in [6.07, 6.45) is 0. The maximum atomic E-state index is 10.3. The molecule has 5 nitrogen and oxygen atoms in total. The number of benzene rings is 1. The third-order valence-electron chi connectivity index (χ3n) is 4.08. The molecule has 0 heterocycles. The van der Waals surface area contributed by atoms with E-state index in [0.717, 1.165) is 0 Å². The summed E-state index contributed by atoms with van der Waals surface area (Å²) >= 11 is 0. The standard InChI is InChI=1S/C14H24B2O5/c1-9-8-12(10(2)7-11(9)15(18)19)16(20)21-14(5,6)13(3,4)17/h7-8,17-20H,1-6H3. The highest BCUT2D eigenvalue weighted by molar-refractivity contribution is 6.62. The molecule has 0 aliphatic carbocycles. The Kier molecular flexibility index (Phi) is 5.29. The molecule has 0 bridgehead atoms. The molecule has 0 spiro atoms. The molecule has 1 aromatic rings. The van der Waals surface area contributed by atoms with Crippen LogP contribution in [0.15, 0.2) is 12.1 Å². The molecular formula is C14H24B2O5. The van der Waals surface area contributed by atoms with E-state index in [2.05, 4.69) is 0 Å². The maximum absolute atomic E-state index is 10.3. The molecule has 116 valence electrons. The normalized spacial score (nSPS) is 12.5. The first-order chi connectivity index (χ1) is 9.36. The number of hydrogen-bond donors (Lipinski definition) is 4. The second-order valence-corrected chi connectivity index (χ2v) is 6.48. The maximum Gasteiger partial charge on any atom is 0.491 e. The summed E-state index contributed by atoms with van der Waals surface area (Å²) in [5, 5.41) is 38.9. The topological polar surface area (TPSA) is 90.2 Å². The molecule has 1 rings (SSSR count). The van der Waals surface area contributed by atoms with Crippen molar-refractivity contribution in [3.63, 3.8) is 0 Å². The molecule has 0 saturated carbocycles. The van der Waals surface area contributed by atoms with Gasteiger partial charge >= 0.3 is 14.2 Å². The van der Waals surface area contributed by atoms with Crippen LogP contribution in [0, 0.1) is 13.8 Å². The lowest BCUT2D eigenvalue weighted by Crippen LogP contribution is -2.53. The van der Waals surface area contributed by atoms with E-state index in [0.29, 0.717) is 22.1 Å². The van der Waals surface area contributed by atoms with Gasteiger partial charge < -0.3 is 24.8 Å². The minimum absolute atomic E-state index is 0.394. The van der Waals surface area contributed by atoms with Crippen molar-refractivity contribution in [2.75, 3.05) is 0 Å². The molecule has 0 atom stereocenters. The van der Waals surface area contributed by atoms with E-state index in [1.807, 2.05) is 0 Å². The van der Waals surface area contributed by atoms with E-state index in [1.54, 1.807) is 53.7 Å². The number of aryl methyl sites for hydroxylation is 2. The fraction of sp³-hybridized carbons (Fsp3) is 0.571. The summed E-state index contributed by atoms with van der Waals surface area (Å²) in [6, 6.07) is 3.27. The summed E-state index contributed by atoms with van der Waals surface area (Å²) in [5.41, 5.74) is 0.177. The van der Waals surface area contributed by atoms with Crippen molar-refractivity contribution in [1.82, 2.24) is 0 Å². The summed E-state index contributed by atoms with van der Waals surface area (Å²) in [4.78, 5) is 0. The number of hydrogen-bond acceptors (Lipinski definition) is 5. The van der Waals surface area contributed by atoms with Crippen molar-refractivity contribution >= 4 is 25.2 Å². The van der Waals surface area contributed by atoms with Crippen LogP contribution in [0.4, 0.5) is 0 Å². The van der Waals surface area contributed by atoms with Gasteiger partial charge in [0, 0.05) is 0 Å². The largest absolute Gasteiger partial charge is 0.491 e. The molecule has 0 radical (unpaired) electrons. The fourth-order valence-corrected chi connectivity index (χ4v) is 1.89. The van der Waals surface area contributed by atoms with Gasteiger partial charge in [0.05, 0.1) is 11.2 Å². The second kappa shape index (κ2) is 6.10. The summed E-state index contributed by atoms with van der Waals surface area (Å²) in [5.74, 6) is 0. The van der Waals surface area contributed by atoms with Gasteiger partial charge in [-0.05, 0) is 52.5 Å². The van der Waals surface area contributed by atoms with E-state index in [9.17, 15) is 20.2 Å². The molecule has 7 heteroatoms. The molecule has 0 unspecified atom stereocenters. The van der Waals surface area contributed by atoms with Crippen molar-refractivity contribution in [2.24, 2.45) is 0 Å². The minimum Gasteiger partial charge on any atom is -0.423 e. The molecule has 0 aliphatic heterocycles. The smallest absolute Gasteiger partial charge is 0.423 e. The number of aliphatic hydroxyl groups is 1. The van der Waals surface area contributed by atoms with Gasteiger partial charge in [-0.15, -0.1) is 0 Å². The molecule has 4 N–H and O–H groups in total. The van der Waals surface area contributed by atoms with Gasteiger partial charge in [0.1, 0.15) is 0 Å². The molecular weight excluding hydrogens is 270 g/mol. The second-order valence-electron chi connectivity index (χ2n) is 6.48. The van der Waals surface area contributed by atoms with Crippen molar-refractivity contribution in [1.29, 1.82) is 0 Å². The molecule has 0 amide bonds. The Bertz CT molecular complexity index is 509. The quantitative estimate of drug-likeness (QED) is 0.536. The lowest BCUT2D eigenvalue weighted by Gasteiger charge is -2.38. The Balaban J connectivity index is 3.09. The Morgan fingerprint density at radius 2 is 1.33 bits per heavy atom. The summed E-state index contributed by atoms with van der Waals surface area (Å²) in [6.45, 7) is 10.1. The van der Waals surface area contributed by atoms with Crippen LogP contribution < -0.4 is 10.9 Å².